The van der Waals surface area contributed by atoms with E-state index in [-0.39, 0.29) is 12.1 Å². The van der Waals surface area contributed by atoms with Gasteiger partial charge in [0.1, 0.15) is 0 Å². The molecule has 2 rings (SSSR count). The zero-order valence-electron chi connectivity index (χ0n) is 13.0. The van der Waals surface area contributed by atoms with Crippen molar-refractivity contribution in [2.75, 3.05) is 32.8 Å². The average molecular weight is 321 g/mol. The Morgan fingerprint density at radius 2 is 2.09 bits per heavy atom. The molecule has 1 atom stereocenters. The summed E-state index contributed by atoms with van der Waals surface area (Å²) in [6, 6.07) is 7.69. The molecule has 22 heavy (non-hydrogen) atoms. The van der Waals surface area contributed by atoms with Crippen molar-refractivity contribution >= 4 is 17.7 Å². The van der Waals surface area contributed by atoms with E-state index in [9.17, 15) is 4.79 Å². The van der Waals surface area contributed by atoms with Crippen LogP contribution in [0.15, 0.2) is 24.3 Å². The average Bonchev–Trinajstić information content (AvgIpc) is 2.53. The van der Waals surface area contributed by atoms with Gasteiger partial charge in [-0.1, -0.05) is 29.5 Å². The standard InChI is InChI=1S/C17H21ClN2O2/c1-3-22-17(21)20-11-9-19(10-12-20)14(2)7-8-15-5-4-6-16(18)13-15/h4-6,13-14H,3,9-12H2,1-2H3. The summed E-state index contributed by atoms with van der Waals surface area (Å²) in [6.07, 6.45) is -0.222. The second-order valence-corrected chi connectivity index (χ2v) is 5.61. The lowest BCUT2D eigenvalue weighted by molar-refractivity contribution is 0.0754. The molecule has 118 valence electrons. The van der Waals surface area contributed by atoms with E-state index in [1.54, 1.807) is 4.90 Å². The van der Waals surface area contributed by atoms with E-state index in [0.717, 1.165) is 18.7 Å². The molecule has 1 saturated heterocycles. The summed E-state index contributed by atoms with van der Waals surface area (Å²) < 4.78 is 5.02. The summed E-state index contributed by atoms with van der Waals surface area (Å²) in [5.74, 6) is 6.40. The van der Waals surface area contributed by atoms with Gasteiger partial charge < -0.3 is 9.64 Å². The molecule has 1 aliphatic heterocycles. The number of carbonyl (C=O) groups excluding carboxylic acids is 1. The van der Waals surface area contributed by atoms with Crippen LogP contribution < -0.4 is 0 Å². The first kappa shape index (κ1) is 16.7. The molecule has 1 aliphatic rings. The van der Waals surface area contributed by atoms with Crippen molar-refractivity contribution in [2.24, 2.45) is 0 Å². The van der Waals surface area contributed by atoms with E-state index in [4.69, 9.17) is 16.3 Å². The van der Waals surface area contributed by atoms with E-state index in [1.165, 1.54) is 0 Å². The molecule has 0 aliphatic carbocycles. The van der Waals surface area contributed by atoms with Gasteiger partial charge in [-0.15, -0.1) is 0 Å². The molecule has 1 aromatic carbocycles. The Hall–Kier alpha value is -1.70. The number of piperazine rings is 1. The minimum atomic E-state index is -0.222. The van der Waals surface area contributed by atoms with E-state index in [1.807, 2.05) is 31.2 Å². The summed E-state index contributed by atoms with van der Waals surface area (Å²) in [7, 11) is 0. The third-order valence-electron chi connectivity index (χ3n) is 3.64. The van der Waals surface area contributed by atoms with Crippen LogP contribution in [0.4, 0.5) is 4.79 Å². The van der Waals surface area contributed by atoms with Crippen molar-refractivity contribution < 1.29 is 9.53 Å². The third-order valence-corrected chi connectivity index (χ3v) is 3.87. The molecular weight excluding hydrogens is 300 g/mol. The maximum Gasteiger partial charge on any atom is 0.409 e. The van der Waals surface area contributed by atoms with Gasteiger partial charge in [0.25, 0.3) is 0 Å². The van der Waals surface area contributed by atoms with Gasteiger partial charge >= 0.3 is 6.09 Å². The highest BCUT2D eigenvalue weighted by Gasteiger charge is 2.23. The largest absolute Gasteiger partial charge is 0.450 e. The Bertz CT molecular complexity index is 572. The van der Waals surface area contributed by atoms with Crippen molar-refractivity contribution in [3.63, 3.8) is 0 Å². The van der Waals surface area contributed by atoms with Gasteiger partial charge in [0.2, 0.25) is 0 Å². The van der Waals surface area contributed by atoms with Crippen LogP contribution in [0, 0.1) is 11.8 Å². The maximum atomic E-state index is 11.7. The molecule has 1 unspecified atom stereocenters. The van der Waals surface area contributed by atoms with Crippen LogP contribution in [-0.2, 0) is 4.74 Å². The molecule has 0 spiro atoms. The van der Waals surface area contributed by atoms with Gasteiger partial charge in [-0.2, -0.15) is 0 Å². The van der Waals surface area contributed by atoms with Crippen LogP contribution in [0.5, 0.6) is 0 Å². The first-order chi connectivity index (χ1) is 10.6. The molecule has 0 saturated carbocycles. The SMILES string of the molecule is CCOC(=O)N1CCN(C(C)C#Cc2cccc(Cl)c2)CC1. The molecule has 4 nitrogen and oxygen atoms in total. The maximum absolute atomic E-state index is 11.7. The molecule has 5 heteroatoms. The minimum absolute atomic E-state index is 0.142. The lowest BCUT2D eigenvalue weighted by Gasteiger charge is -2.35. The molecule has 1 aromatic rings. The molecule has 0 N–H and O–H groups in total. The smallest absolute Gasteiger partial charge is 0.409 e. The van der Waals surface area contributed by atoms with Gasteiger partial charge in [0, 0.05) is 36.8 Å². The zero-order chi connectivity index (χ0) is 15.9. The summed E-state index contributed by atoms with van der Waals surface area (Å²) in [4.78, 5) is 15.7. The van der Waals surface area contributed by atoms with Gasteiger partial charge in [0.15, 0.2) is 0 Å². The van der Waals surface area contributed by atoms with Crippen molar-refractivity contribution in [3.05, 3.63) is 34.9 Å². The summed E-state index contributed by atoms with van der Waals surface area (Å²) in [5, 5.41) is 0.697. The first-order valence-electron chi connectivity index (χ1n) is 7.53. The Labute approximate surface area is 137 Å². The number of amides is 1. The normalized spacial score (nSPS) is 16.6. The number of hydrogen-bond acceptors (Lipinski definition) is 3. The third kappa shape index (κ3) is 4.66. The first-order valence-corrected chi connectivity index (χ1v) is 7.91. The predicted molar refractivity (Wildman–Crippen MR) is 88.0 cm³/mol. The Morgan fingerprint density at radius 1 is 1.36 bits per heavy atom. The highest BCUT2D eigenvalue weighted by molar-refractivity contribution is 6.30. The summed E-state index contributed by atoms with van der Waals surface area (Å²) in [6.45, 7) is 7.30. The molecule has 1 heterocycles. The van der Waals surface area contributed by atoms with Crippen LogP contribution in [-0.4, -0.2) is 54.7 Å². The molecule has 0 aromatic heterocycles. The number of carbonyl (C=O) groups is 1. The van der Waals surface area contributed by atoms with Crippen LogP contribution >= 0.6 is 11.6 Å². The summed E-state index contributed by atoms with van der Waals surface area (Å²) >= 11 is 5.95. The van der Waals surface area contributed by atoms with Gasteiger partial charge in [0.05, 0.1) is 12.6 Å². The number of halogens is 1. The lowest BCUT2D eigenvalue weighted by Crippen LogP contribution is -2.51. The van der Waals surface area contributed by atoms with E-state index in [0.29, 0.717) is 24.7 Å². The molecule has 1 amide bonds. The van der Waals surface area contributed by atoms with Gasteiger partial charge in [-0.05, 0) is 32.0 Å². The van der Waals surface area contributed by atoms with Crippen molar-refractivity contribution in [1.82, 2.24) is 9.80 Å². The van der Waals surface area contributed by atoms with Crippen molar-refractivity contribution in [1.29, 1.82) is 0 Å². The quantitative estimate of drug-likeness (QED) is 0.786. The minimum Gasteiger partial charge on any atom is -0.450 e. The second-order valence-electron chi connectivity index (χ2n) is 5.18. The molecule has 1 fully saturated rings. The Kier molecular flexibility index (Phi) is 6.11. The lowest BCUT2D eigenvalue weighted by atomic mass is 10.2. The number of benzene rings is 1. The monoisotopic (exact) mass is 320 g/mol. The van der Waals surface area contributed by atoms with Gasteiger partial charge in [-0.25, -0.2) is 4.79 Å². The Morgan fingerprint density at radius 3 is 2.73 bits per heavy atom. The molecule has 0 bridgehead atoms. The van der Waals surface area contributed by atoms with Crippen LogP contribution in [0.25, 0.3) is 0 Å². The fourth-order valence-electron chi connectivity index (χ4n) is 2.35. The number of nitrogens with zero attached hydrogens (tertiary/aromatic N) is 2. The molecular formula is C17H21ClN2O2. The van der Waals surface area contributed by atoms with Crippen molar-refractivity contribution in [2.45, 2.75) is 19.9 Å². The predicted octanol–water partition coefficient (Wildman–Crippen LogP) is 2.85. The van der Waals surface area contributed by atoms with Crippen LogP contribution in [0.1, 0.15) is 19.4 Å². The zero-order valence-corrected chi connectivity index (χ0v) is 13.8. The highest BCUT2D eigenvalue weighted by Crippen LogP contribution is 2.10. The van der Waals surface area contributed by atoms with E-state index in [2.05, 4.69) is 23.7 Å². The highest BCUT2D eigenvalue weighted by atomic mass is 35.5. The van der Waals surface area contributed by atoms with Crippen molar-refractivity contribution in [3.8, 4) is 11.8 Å². The number of ether oxygens (including phenoxy) is 1. The topological polar surface area (TPSA) is 32.8 Å². The molecule has 0 radical (unpaired) electrons. The summed E-state index contributed by atoms with van der Waals surface area (Å²) in [5.41, 5.74) is 0.921. The van der Waals surface area contributed by atoms with Crippen LogP contribution in [0.3, 0.4) is 0 Å². The van der Waals surface area contributed by atoms with Crippen LogP contribution in [0.2, 0.25) is 5.02 Å². The van der Waals surface area contributed by atoms with E-state index < -0.39 is 0 Å². The number of hydrogen-bond donors (Lipinski definition) is 0. The number of rotatable bonds is 2. The second kappa shape index (κ2) is 8.07. The van der Waals surface area contributed by atoms with Gasteiger partial charge in [-0.3, -0.25) is 4.90 Å². The van der Waals surface area contributed by atoms with E-state index >= 15 is 0 Å². The Balaban J connectivity index is 1.88. The fourth-order valence-corrected chi connectivity index (χ4v) is 2.54. The fraction of sp³-hybridized carbons (Fsp3) is 0.471.